The summed E-state index contributed by atoms with van der Waals surface area (Å²) in [4.78, 5) is 33.0. The van der Waals surface area contributed by atoms with Crippen molar-refractivity contribution in [2.24, 2.45) is 0 Å². The van der Waals surface area contributed by atoms with Crippen molar-refractivity contribution >= 4 is 49.9 Å². The Kier molecular flexibility index (Phi) is 4.63. The largest absolute Gasteiger partial charge is 0.326 e. The Balaban J connectivity index is 1.73. The van der Waals surface area contributed by atoms with Gasteiger partial charge in [0.15, 0.2) is 5.65 Å². The zero-order valence-corrected chi connectivity index (χ0v) is 16.6. The third kappa shape index (κ3) is 3.56. The van der Waals surface area contributed by atoms with Crippen molar-refractivity contribution in [1.82, 2.24) is 19.7 Å². The Hall–Kier alpha value is -2.78. The molecule has 4 aromatic rings. The lowest BCUT2D eigenvalue weighted by Gasteiger charge is -2.08. The minimum absolute atomic E-state index is 0.169. The maximum atomic E-state index is 12.8. The molecule has 0 spiro atoms. The molecule has 7 nitrogen and oxygen atoms in total. The molecule has 4 rings (SSSR count). The Morgan fingerprint density at radius 1 is 1.41 bits per heavy atom. The summed E-state index contributed by atoms with van der Waals surface area (Å²) < 4.78 is 2.44. The monoisotopic (exact) mass is 443 g/mol. The van der Waals surface area contributed by atoms with Gasteiger partial charge in [0.25, 0.3) is 11.5 Å². The molecule has 0 bridgehead atoms. The number of carbonyl (C=O) groups is 1. The van der Waals surface area contributed by atoms with Gasteiger partial charge in [0.05, 0.1) is 23.7 Å². The minimum Gasteiger partial charge on any atom is -0.326 e. The number of nitrogens with zero attached hydrogens (tertiary/aromatic N) is 3. The highest BCUT2D eigenvalue weighted by Crippen LogP contribution is 2.21. The van der Waals surface area contributed by atoms with Crippen LogP contribution < -0.4 is 10.9 Å². The van der Waals surface area contributed by atoms with Gasteiger partial charge in [-0.1, -0.05) is 6.07 Å². The Labute approximate surface area is 166 Å². The summed E-state index contributed by atoms with van der Waals surface area (Å²) in [6.45, 7) is 2.41. The average molecular weight is 444 g/mol. The summed E-state index contributed by atoms with van der Waals surface area (Å²) in [5.41, 5.74) is 1.56. The van der Waals surface area contributed by atoms with Crippen molar-refractivity contribution < 1.29 is 4.79 Å². The molecule has 0 radical (unpaired) electrons. The molecule has 4 heterocycles. The molecule has 0 aliphatic rings. The fourth-order valence-corrected chi connectivity index (χ4v) is 3.80. The first-order valence-electron chi connectivity index (χ1n) is 8.06. The highest BCUT2D eigenvalue weighted by atomic mass is 79.9. The predicted octanol–water partition coefficient (Wildman–Crippen LogP) is 3.55. The van der Waals surface area contributed by atoms with Crippen LogP contribution in [-0.4, -0.2) is 25.7 Å². The maximum absolute atomic E-state index is 12.8. The second-order valence-corrected chi connectivity index (χ2v) is 7.89. The standard InChI is InChI=1S/C18H14BrN5O2S/c1-10-5-13(17(25)23-15-6-11(19)7-20-18(15)26)14-8-21-24(16(14)22-10)9-12-3-2-4-27-12/h2-8H,9H2,1H3,(H,20,26)(H,23,25). The van der Waals surface area contributed by atoms with E-state index in [1.165, 1.54) is 6.20 Å². The van der Waals surface area contributed by atoms with Crippen LogP contribution in [0.3, 0.4) is 0 Å². The first-order chi connectivity index (χ1) is 13.0. The topological polar surface area (TPSA) is 92.7 Å². The molecule has 4 aromatic heterocycles. The van der Waals surface area contributed by atoms with E-state index in [2.05, 4.69) is 36.3 Å². The molecule has 0 aromatic carbocycles. The molecular weight excluding hydrogens is 430 g/mol. The number of nitrogens with one attached hydrogen (secondary N) is 2. The van der Waals surface area contributed by atoms with Crippen molar-refractivity contribution in [2.45, 2.75) is 13.5 Å². The number of fused-ring (bicyclic) bond motifs is 1. The van der Waals surface area contributed by atoms with Gasteiger partial charge in [-0.05, 0) is 46.4 Å². The van der Waals surface area contributed by atoms with E-state index in [1.807, 2.05) is 24.4 Å². The lowest BCUT2D eigenvalue weighted by Crippen LogP contribution is -2.20. The van der Waals surface area contributed by atoms with Crippen LogP contribution in [0.4, 0.5) is 5.69 Å². The fourth-order valence-electron chi connectivity index (χ4n) is 2.77. The van der Waals surface area contributed by atoms with Gasteiger partial charge in [-0.15, -0.1) is 11.3 Å². The maximum Gasteiger partial charge on any atom is 0.271 e. The number of aromatic amines is 1. The van der Waals surface area contributed by atoms with E-state index < -0.39 is 0 Å². The van der Waals surface area contributed by atoms with Crippen molar-refractivity contribution in [3.63, 3.8) is 0 Å². The molecule has 0 unspecified atom stereocenters. The van der Waals surface area contributed by atoms with E-state index in [-0.39, 0.29) is 17.2 Å². The summed E-state index contributed by atoms with van der Waals surface area (Å²) >= 11 is 4.92. The Bertz CT molecular complexity index is 1200. The SMILES string of the molecule is Cc1cc(C(=O)Nc2cc(Br)c[nH]c2=O)c2cnn(Cc3cccs3)c2n1. The highest BCUT2D eigenvalue weighted by molar-refractivity contribution is 9.10. The van der Waals surface area contributed by atoms with Gasteiger partial charge < -0.3 is 10.3 Å². The van der Waals surface area contributed by atoms with Crippen molar-refractivity contribution in [3.8, 4) is 0 Å². The number of anilines is 1. The van der Waals surface area contributed by atoms with Gasteiger partial charge in [0.2, 0.25) is 0 Å². The van der Waals surface area contributed by atoms with Crippen molar-refractivity contribution in [3.05, 3.63) is 73.0 Å². The van der Waals surface area contributed by atoms with Crippen LogP contribution in [-0.2, 0) is 6.54 Å². The Morgan fingerprint density at radius 2 is 2.26 bits per heavy atom. The van der Waals surface area contributed by atoms with Gasteiger partial charge >= 0.3 is 0 Å². The summed E-state index contributed by atoms with van der Waals surface area (Å²) in [5.74, 6) is -0.384. The molecule has 0 aliphatic heterocycles. The van der Waals surface area contributed by atoms with Gasteiger partial charge in [-0.25, -0.2) is 9.67 Å². The first kappa shape index (κ1) is 17.6. The number of hydrogen-bond acceptors (Lipinski definition) is 5. The molecule has 27 heavy (non-hydrogen) atoms. The quantitative estimate of drug-likeness (QED) is 0.504. The second kappa shape index (κ2) is 7.09. The molecule has 0 saturated carbocycles. The number of pyridine rings is 2. The van der Waals surface area contributed by atoms with Crippen LogP contribution in [0.5, 0.6) is 0 Å². The molecule has 136 valence electrons. The summed E-state index contributed by atoms with van der Waals surface area (Å²) in [7, 11) is 0. The fraction of sp³-hybridized carbons (Fsp3) is 0.111. The van der Waals surface area contributed by atoms with E-state index in [0.717, 1.165) is 4.88 Å². The van der Waals surface area contributed by atoms with Crippen LogP contribution in [0, 0.1) is 6.92 Å². The number of aromatic nitrogens is 4. The summed E-state index contributed by atoms with van der Waals surface area (Å²) in [6.07, 6.45) is 3.15. The van der Waals surface area contributed by atoms with Crippen LogP contribution in [0.15, 0.2) is 51.3 Å². The number of hydrogen-bond donors (Lipinski definition) is 2. The van der Waals surface area contributed by atoms with E-state index in [1.54, 1.807) is 34.3 Å². The lowest BCUT2D eigenvalue weighted by molar-refractivity contribution is 0.102. The molecule has 0 fully saturated rings. The minimum atomic E-state index is -0.384. The number of carbonyl (C=O) groups excluding carboxylic acids is 1. The zero-order valence-electron chi connectivity index (χ0n) is 14.2. The molecule has 1 amide bonds. The molecule has 9 heteroatoms. The average Bonchev–Trinajstić information content (AvgIpc) is 3.28. The summed E-state index contributed by atoms with van der Waals surface area (Å²) in [5, 5.41) is 9.71. The first-order valence-corrected chi connectivity index (χ1v) is 9.73. The van der Waals surface area contributed by atoms with Gasteiger partial charge in [0.1, 0.15) is 5.69 Å². The molecular formula is C18H14BrN5O2S. The van der Waals surface area contributed by atoms with Crippen LogP contribution in [0.1, 0.15) is 20.9 Å². The van der Waals surface area contributed by atoms with Crippen LogP contribution in [0.2, 0.25) is 0 Å². The lowest BCUT2D eigenvalue weighted by atomic mass is 10.1. The van der Waals surface area contributed by atoms with E-state index in [4.69, 9.17) is 0 Å². The van der Waals surface area contributed by atoms with Gasteiger partial charge in [0, 0.05) is 21.2 Å². The number of amides is 1. The van der Waals surface area contributed by atoms with Crippen LogP contribution >= 0.6 is 27.3 Å². The molecule has 0 atom stereocenters. The summed E-state index contributed by atoms with van der Waals surface area (Å²) in [6, 6.07) is 7.27. The third-order valence-electron chi connectivity index (χ3n) is 3.98. The number of aryl methyl sites for hydroxylation is 1. The van der Waals surface area contributed by atoms with E-state index >= 15 is 0 Å². The number of rotatable bonds is 4. The predicted molar refractivity (Wildman–Crippen MR) is 108 cm³/mol. The molecule has 0 saturated heterocycles. The van der Waals surface area contributed by atoms with Crippen molar-refractivity contribution in [2.75, 3.05) is 5.32 Å². The third-order valence-corrected chi connectivity index (χ3v) is 5.30. The van der Waals surface area contributed by atoms with Gasteiger partial charge in [-0.3, -0.25) is 9.59 Å². The van der Waals surface area contributed by atoms with Crippen molar-refractivity contribution in [1.29, 1.82) is 0 Å². The number of thiophene rings is 1. The molecule has 0 aliphatic carbocycles. The normalized spacial score (nSPS) is 11.0. The van der Waals surface area contributed by atoms with E-state index in [9.17, 15) is 9.59 Å². The zero-order chi connectivity index (χ0) is 19.0. The number of halogens is 1. The second-order valence-electron chi connectivity index (χ2n) is 5.94. The highest BCUT2D eigenvalue weighted by Gasteiger charge is 2.17. The van der Waals surface area contributed by atoms with Crippen LogP contribution in [0.25, 0.3) is 11.0 Å². The van der Waals surface area contributed by atoms with Gasteiger partial charge in [-0.2, -0.15) is 5.10 Å². The smallest absolute Gasteiger partial charge is 0.271 e. The number of H-pyrrole nitrogens is 1. The van der Waals surface area contributed by atoms with E-state index in [0.29, 0.717) is 33.3 Å². The Morgan fingerprint density at radius 3 is 3.04 bits per heavy atom. The molecule has 2 N–H and O–H groups in total.